The van der Waals surface area contributed by atoms with Crippen molar-refractivity contribution in [2.45, 2.75) is 6.92 Å². The zero-order valence-electron chi connectivity index (χ0n) is 8.96. The van der Waals surface area contributed by atoms with Crippen LogP contribution in [0.1, 0.15) is 5.69 Å². The summed E-state index contributed by atoms with van der Waals surface area (Å²) in [5.41, 5.74) is 3.98. The van der Waals surface area contributed by atoms with Gasteiger partial charge in [0, 0.05) is 29.8 Å². The Morgan fingerprint density at radius 2 is 2.06 bits per heavy atom. The van der Waals surface area contributed by atoms with Crippen molar-refractivity contribution in [3.63, 3.8) is 0 Å². The summed E-state index contributed by atoms with van der Waals surface area (Å²) in [4.78, 5) is 8.81. The van der Waals surface area contributed by atoms with E-state index in [0.29, 0.717) is 0 Å². The first kappa shape index (κ1) is 9.09. The molecular formula is C13H11N3. The van der Waals surface area contributed by atoms with Crippen LogP contribution in [-0.4, -0.2) is 14.4 Å². The number of aromatic nitrogens is 3. The molecule has 0 radical (unpaired) electrons. The summed E-state index contributed by atoms with van der Waals surface area (Å²) in [6.45, 7) is 1.98. The molecule has 78 valence electrons. The van der Waals surface area contributed by atoms with Crippen LogP contribution < -0.4 is 0 Å². The van der Waals surface area contributed by atoms with Gasteiger partial charge in [0.25, 0.3) is 0 Å². The molecule has 3 rings (SSSR count). The maximum absolute atomic E-state index is 4.54. The van der Waals surface area contributed by atoms with Crippen LogP contribution in [0.5, 0.6) is 0 Å². The molecule has 0 aliphatic rings. The van der Waals surface area contributed by atoms with E-state index >= 15 is 0 Å². The van der Waals surface area contributed by atoms with Crippen molar-refractivity contribution >= 4 is 5.65 Å². The van der Waals surface area contributed by atoms with E-state index in [9.17, 15) is 0 Å². The number of fused-ring (bicyclic) bond motifs is 1. The summed E-state index contributed by atoms with van der Waals surface area (Å²) in [6, 6.07) is 10.0. The van der Waals surface area contributed by atoms with Gasteiger partial charge in [-0.25, -0.2) is 4.98 Å². The first-order chi connectivity index (χ1) is 7.83. The van der Waals surface area contributed by atoms with E-state index in [-0.39, 0.29) is 0 Å². The quantitative estimate of drug-likeness (QED) is 0.616. The molecule has 3 heteroatoms. The summed E-state index contributed by atoms with van der Waals surface area (Å²) in [5, 5.41) is 0. The van der Waals surface area contributed by atoms with Gasteiger partial charge in [0.05, 0.1) is 5.69 Å². The summed E-state index contributed by atoms with van der Waals surface area (Å²) in [5.74, 6) is 0. The van der Waals surface area contributed by atoms with E-state index in [4.69, 9.17) is 0 Å². The van der Waals surface area contributed by atoms with Crippen LogP contribution >= 0.6 is 0 Å². The Balaban J connectivity index is 2.15. The minimum absolute atomic E-state index is 0.957. The minimum atomic E-state index is 0.957. The normalized spacial score (nSPS) is 10.8. The van der Waals surface area contributed by atoms with Crippen molar-refractivity contribution < 1.29 is 0 Å². The monoisotopic (exact) mass is 209 g/mol. The highest BCUT2D eigenvalue weighted by Gasteiger charge is 2.03. The smallest absolute Gasteiger partial charge is 0.137 e. The second-order valence-electron chi connectivity index (χ2n) is 3.78. The topological polar surface area (TPSA) is 30.2 Å². The third-order valence-corrected chi connectivity index (χ3v) is 2.57. The number of rotatable bonds is 1. The molecule has 0 aliphatic carbocycles. The predicted octanol–water partition coefficient (Wildman–Crippen LogP) is 2.70. The number of aryl methyl sites for hydroxylation is 1. The van der Waals surface area contributed by atoms with Gasteiger partial charge in [0.2, 0.25) is 0 Å². The summed E-state index contributed by atoms with van der Waals surface area (Å²) in [6.07, 6.45) is 5.87. The van der Waals surface area contributed by atoms with E-state index < -0.39 is 0 Å². The minimum Gasteiger partial charge on any atom is -0.306 e. The van der Waals surface area contributed by atoms with E-state index in [0.717, 1.165) is 22.6 Å². The van der Waals surface area contributed by atoms with Crippen LogP contribution in [0.15, 0.2) is 48.9 Å². The average molecular weight is 209 g/mol. The zero-order valence-corrected chi connectivity index (χ0v) is 8.96. The highest BCUT2D eigenvalue weighted by atomic mass is 15.0. The van der Waals surface area contributed by atoms with Crippen LogP contribution in [0.25, 0.3) is 16.9 Å². The van der Waals surface area contributed by atoms with E-state index in [1.807, 2.05) is 60.2 Å². The maximum Gasteiger partial charge on any atom is 0.137 e. The second kappa shape index (κ2) is 3.45. The molecule has 0 saturated heterocycles. The number of nitrogens with zero attached hydrogens (tertiary/aromatic N) is 3. The molecule has 3 nitrogen and oxygen atoms in total. The van der Waals surface area contributed by atoms with Gasteiger partial charge >= 0.3 is 0 Å². The van der Waals surface area contributed by atoms with Gasteiger partial charge in [-0.05, 0) is 31.2 Å². The lowest BCUT2D eigenvalue weighted by Gasteiger charge is -1.95. The van der Waals surface area contributed by atoms with Crippen molar-refractivity contribution in [1.82, 2.24) is 14.4 Å². The Bertz CT molecular complexity index is 590. The molecular weight excluding hydrogens is 198 g/mol. The lowest BCUT2D eigenvalue weighted by Crippen LogP contribution is -1.82. The van der Waals surface area contributed by atoms with E-state index in [1.165, 1.54) is 0 Å². The molecule has 0 unspecified atom stereocenters. The van der Waals surface area contributed by atoms with Gasteiger partial charge in [-0.1, -0.05) is 6.07 Å². The summed E-state index contributed by atoms with van der Waals surface area (Å²) >= 11 is 0. The van der Waals surface area contributed by atoms with Crippen molar-refractivity contribution in [3.8, 4) is 11.3 Å². The molecule has 0 spiro atoms. The van der Waals surface area contributed by atoms with Gasteiger partial charge in [0.15, 0.2) is 0 Å². The Hall–Kier alpha value is -2.16. The summed E-state index contributed by atoms with van der Waals surface area (Å²) in [7, 11) is 0. The van der Waals surface area contributed by atoms with Gasteiger partial charge < -0.3 is 4.40 Å². The summed E-state index contributed by atoms with van der Waals surface area (Å²) < 4.78 is 2.01. The number of imidazole rings is 1. The Labute approximate surface area is 93.4 Å². The van der Waals surface area contributed by atoms with Crippen LogP contribution in [0.3, 0.4) is 0 Å². The molecule has 16 heavy (non-hydrogen) atoms. The largest absolute Gasteiger partial charge is 0.306 e. The van der Waals surface area contributed by atoms with Gasteiger partial charge in [-0.3, -0.25) is 4.98 Å². The molecule has 0 atom stereocenters. The molecule has 0 amide bonds. The Kier molecular flexibility index (Phi) is 1.96. The SMILES string of the molecule is Cc1ccc(-c2cn3ccccc3n2)cn1. The number of hydrogen-bond donors (Lipinski definition) is 0. The average Bonchev–Trinajstić information content (AvgIpc) is 2.73. The molecule has 0 bridgehead atoms. The standard InChI is InChI=1S/C13H11N3/c1-10-5-6-11(8-14-10)12-9-16-7-3-2-4-13(16)15-12/h2-9H,1H3. The van der Waals surface area contributed by atoms with E-state index in [2.05, 4.69) is 9.97 Å². The molecule has 0 N–H and O–H groups in total. The van der Waals surface area contributed by atoms with Gasteiger partial charge in [-0.15, -0.1) is 0 Å². The number of hydrogen-bond acceptors (Lipinski definition) is 2. The van der Waals surface area contributed by atoms with Crippen molar-refractivity contribution in [1.29, 1.82) is 0 Å². The van der Waals surface area contributed by atoms with Crippen molar-refractivity contribution in [2.24, 2.45) is 0 Å². The molecule has 3 aromatic heterocycles. The van der Waals surface area contributed by atoms with Gasteiger partial charge in [0.1, 0.15) is 5.65 Å². The van der Waals surface area contributed by atoms with Crippen LogP contribution in [0.4, 0.5) is 0 Å². The highest BCUT2D eigenvalue weighted by molar-refractivity contribution is 5.61. The molecule has 3 heterocycles. The Morgan fingerprint density at radius 1 is 1.12 bits per heavy atom. The van der Waals surface area contributed by atoms with Crippen molar-refractivity contribution in [2.75, 3.05) is 0 Å². The third kappa shape index (κ3) is 1.46. The maximum atomic E-state index is 4.54. The fourth-order valence-corrected chi connectivity index (χ4v) is 1.69. The molecule has 3 aromatic rings. The van der Waals surface area contributed by atoms with Crippen LogP contribution in [0.2, 0.25) is 0 Å². The lowest BCUT2D eigenvalue weighted by molar-refractivity contribution is 1.19. The molecule has 0 fully saturated rings. The van der Waals surface area contributed by atoms with E-state index in [1.54, 1.807) is 0 Å². The van der Waals surface area contributed by atoms with Gasteiger partial charge in [-0.2, -0.15) is 0 Å². The third-order valence-electron chi connectivity index (χ3n) is 2.57. The Morgan fingerprint density at radius 3 is 2.81 bits per heavy atom. The lowest BCUT2D eigenvalue weighted by atomic mass is 10.2. The number of pyridine rings is 2. The van der Waals surface area contributed by atoms with Crippen molar-refractivity contribution in [3.05, 3.63) is 54.6 Å². The molecule has 0 saturated carbocycles. The zero-order chi connectivity index (χ0) is 11.0. The predicted molar refractivity (Wildman–Crippen MR) is 63.2 cm³/mol. The first-order valence-corrected chi connectivity index (χ1v) is 5.20. The van der Waals surface area contributed by atoms with Crippen LogP contribution in [0, 0.1) is 6.92 Å². The highest BCUT2D eigenvalue weighted by Crippen LogP contribution is 2.17. The van der Waals surface area contributed by atoms with Crippen LogP contribution in [-0.2, 0) is 0 Å². The first-order valence-electron chi connectivity index (χ1n) is 5.20. The fraction of sp³-hybridized carbons (Fsp3) is 0.0769. The second-order valence-corrected chi connectivity index (χ2v) is 3.78. The molecule has 0 aromatic carbocycles. The molecule has 0 aliphatic heterocycles. The fourth-order valence-electron chi connectivity index (χ4n) is 1.69.